The van der Waals surface area contributed by atoms with E-state index in [1.807, 2.05) is 54.7 Å². The predicted octanol–water partition coefficient (Wildman–Crippen LogP) is 3.06. The van der Waals surface area contributed by atoms with Crippen LogP contribution >= 0.6 is 0 Å². The van der Waals surface area contributed by atoms with Crippen LogP contribution in [0.1, 0.15) is 23.9 Å². The minimum atomic E-state index is 0.153. The summed E-state index contributed by atoms with van der Waals surface area (Å²) in [5, 5.41) is 17.4. The predicted molar refractivity (Wildman–Crippen MR) is 113 cm³/mol. The summed E-state index contributed by atoms with van der Waals surface area (Å²) < 4.78 is 1.72. The van der Waals surface area contributed by atoms with E-state index >= 15 is 0 Å². The van der Waals surface area contributed by atoms with Gasteiger partial charge in [-0.15, -0.1) is 5.10 Å². The van der Waals surface area contributed by atoms with Gasteiger partial charge in [0.2, 0.25) is 5.95 Å². The zero-order valence-electron chi connectivity index (χ0n) is 16.5. The third-order valence-corrected chi connectivity index (χ3v) is 4.60. The molecule has 0 saturated heterocycles. The SMILES string of the molecule is CCc1cccc(Cn2cc(-c3cc(-c4cccc(CC#N)c4)nc(N)n3)nn2)n1. The van der Waals surface area contributed by atoms with E-state index in [1.165, 1.54) is 0 Å². The second kappa shape index (κ2) is 8.49. The molecule has 0 aliphatic heterocycles. The molecule has 3 heterocycles. The molecule has 0 radical (unpaired) electrons. The summed E-state index contributed by atoms with van der Waals surface area (Å²) in [6.45, 7) is 2.59. The van der Waals surface area contributed by atoms with Gasteiger partial charge in [-0.2, -0.15) is 5.26 Å². The van der Waals surface area contributed by atoms with Crippen molar-refractivity contribution >= 4 is 5.95 Å². The summed E-state index contributed by atoms with van der Waals surface area (Å²) in [5.41, 5.74) is 11.6. The number of benzene rings is 1. The van der Waals surface area contributed by atoms with Crippen molar-refractivity contribution < 1.29 is 0 Å². The van der Waals surface area contributed by atoms with Crippen molar-refractivity contribution in [1.82, 2.24) is 29.9 Å². The lowest BCUT2D eigenvalue weighted by molar-refractivity contribution is 0.636. The van der Waals surface area contributed by atoms with Crippen LogP contribution in [0, 0.1) is 11.3 Å². The van der Waals surface area contributed by atoms with Gasteiger partial charge in [0.15, 0.2) is 0 Å². The molecule has 0 bridgehead atoms. The van der Waals surface area contributed by atoms with Gasteiger partial charge in [0.05, 0.1) is 42.3 Å². The molecule has 8 heteroatoms. The molecule has 0 amide bonds. The lowest BCUT2D eigenvalue weighted by atomic mass is 10.1. The van der Waals surface area contributed by atoms with Crippen LogP contribution in [0.5, 0.6) is 0 Å². The van der Waals surface area contributed by atoms with Crippen molar-refractivity contribution in [2.24, 2.45) is 0 Å². The van der Waals surface area contributed by atoms with E-state index in [2.05, 4.69) is 38.3 Å². The number of hydrogen-bond donors (Lipinski definition) is 1. The Balaban J connectivity index is 1.62. The summed E-state index contributed by atoms with van der Waals surface area (Å²) >= 11 is 0. The average molecular weight is 396 g/mol. The van der Waals surface area contributed by atoms with E-state index in [9.17, 15) is 0 Å². The van der Waals surface area contributed by atoms with Gasteiger partial charge in [-0.3, -0.25) is 4.98 Å². The molecule has 0 spiro atoms. The maximum Gasteiger partial charge on any atom is 0.221 e. The van der Waals surface area contributed by atoms with Gasteiger partial charge >= 0.3 is 0 Å². The molecule has 0 fully saturated rings. The molecule has 0 unspecified atom stereocenters. The molecule has 1 aromatic carbocycles. The first kappa shape index (κ1) is 19.2. The van der Waals surface area contributed by atoms with Crippen LogP contribution in [0.3, 0.4) is 0 Å². The smallest absolute Gasteiger partial charge is 0.221 e. The van der Waals surface area contributed by atoms with Gasteiger partial charge < -0.3 is 5.73 Å². The van der Waals surface area contributed by atoms with Gasteiger partial charge in [-0.1, -0.05) is 36.4 Å². The highest BCUT2D eigenvalue weighted by atomic mass is 15.4. The minimum absolute atomic E-state index is 0.153. The topological polar surface area (TPSA) is 119 Å². The van der Waals surface area contributed by atoms with Crippen LogP contribution in [0.2, 0.25) is 0 Å². The Kier molecular flexibility index (Phi) is 5.44. The second-order valence-electron chi connectivity index (χ2n) is 6.81. The fourth-order valence-corrected chi connectivity index (χ4v) is 3.15. The molecule has 4 rings (SSSR count). The van der Waals surface area contributed by atoms with Crippen LogP contribution < -0.4 is 5.73 Å². The standard InChI is InChI=1S/C22H20N8/c1-2-17-7-4-8-18(25-17)13-30-14-21(28-29-30)20-12-19(26-22(24)27-20)16-6-3-5-15(11-16)9-10-23/h3-8,11-12,14H,2,9,13H2,1H3,(H2,24,26,27). The molecule has 0 aliphatic carbocycles. The van der Waals surface area contributed by atoms with Crippen LogP contribution in [0.15, 0.2) is 54.7 Å². The summed E-state index contributed by atoms with van der Waals surface area (Å²) in [4.78, 5) is 13.3. The van der Waals surface area contributed by atoms with Crippen molar-refractivity contribution in [2.75, 3.05) is 5.73 Å². The molecule has 0 aliphatic rings. The second-order valence-corrected chi connectivity index (χ2v) is 6.81. The van der Waals surface area contributed by atoms with Crippen LogP contribution in [-0.2, 0) is 19.4 Å². The molecule has 30 heavy (non-hydrogen) atoms. The van der Waals surface area contributed by atoms with Crippen LogP contribution in [0.25, 0.3) is 22.6 Å². The number of pyridine rings is 1. The average Bonchev–Trinajstić information content (AvgIpc) is 3.22. The van der Waals surface area contributed by atoms with Crippen LogP contribution in [-0.4, -0.2) is 29.9 Å². The fraction of sp³-hybridized carbons (Fsp3) is 0.182. The number of aromatic nitrogens is 6. The number of nitrogens with zero attached hydrogens (tertiary/aromatic N) is 7. The van der Waals surface area contributed by atoms with Crippen molar-refractivity contribution in [1.29, 1.82) is 5.26 Å². The number of hydrogen-bond acceptors (Lipinski definition) is 7. The van der Waals surface area contributed by atoms with E-state index < -0.39 is 0 Å². The van der Waals surface area contributed by atoms with E-state index in [0.717, 1.165) is 28.9 Å². The number of aryl methyl sites for hydroxylation is 1. The number of nitrogen functional groups attached to an aromatic ring is 1. The Morgan fingerprint density at radius 2 is 1.77 bits per heavy atom. The monoisotopic (exact) mass is 396 g/mol. The first-order chi connectivity index (χ1) is 14.6. The first-order valence-corrected chi connectivity index (χ1v) is 9.60. The number of anilines is 1. The lowest BCUT2D eigenvalue weighted by Crippen LogP contribution is -2.03. The van der Waals surface area contributed by atoms with Crippen LogP contribution in [0.4, 0.5) is 5.95 Å². The van der Waals surface area contributed by atoms with Crippen molar-refractivity contribution in [3.8, 4) is 28.7 Å². The minimum Gasteiger partial charge on any atom is -0.368 e. The van der Waals surface area contributed by atoms with Gasteiger partial charge in [0.1, 0.15) is 5.69 Å². The quantitative estimate of drug-likeness (QED) is 0.532. The molecular weight excluding hydrogens is 376 g/mol. The molecule has 4 aromatic rings. The molecule has 0 saturated carbocycles. The van der Waals surface area contributed by atoms with Gasteiger partial charge in [-0.05, 0) is 36.2 Å². The number of nitrogens with two attached hydrogens (primary N) is 1. The Morgan fingerprint density at radius 1 is 0.967 bits per heavy atom. The van der Waals surface area contributed by atoms with Crippen molar-refractivity contribution in [2.45, 2.75) is 26.3 Å². The van der Waals surface area contributed by atoms with E-state index in [4.69, 9.17) is 11.0 Å². The largest absolute Gasteiger partial charge is 0.368 e. The van der Waals surface area contributed by atoms with E-state index in [0.29, 0.717) is 30.0 Å². The molecule has 2 N–H and O–H groups in total. The van der Waals surface area contributed by atoms with E-state index in [-0.39, 0.29) is 5.95 Å². The number of rotatable bonds is 6. The summed E-state index contributed by atoms with van der Waals surface area (Å²) in [7, 11) is 0. The summed E-state index contributed by atoms with van der Waals surface area (Å²) in [6, 6.07) is 17.6. The Bertz CT molecular complexity index is 1220. The van der Waals surface area contributed by atoms with Gasteiger partial charge in [-0.25, -0.2) is 14.6 Å². The highest BCUT2D eigenvalue weighted by molar-refractivity contribution is 5.67. The molecule has 0 atom stereocenters. The fourth-order valence-electron chi connectivity index (χ4n) is 3.15. The summed E-state index contributed by atoms with van der Waals surface area (Å²) in [6.07, 6.45) is 3.04. The zero-order chi connectivity index (χ0) is 20.9. The molecular formula is C22H20N8. The van der Waals surface area contributed by atoms with E-state index in [1.54, 1.807) is 4.68 Å². The Hall–Kier alpha value is -4.12. The van der Waals surface area contributed by atoms with Gasteiger partial charge in [0, 0.05) is 11.3 Å². The highest BCUT2D eigenvalue weighted by Gasteiger charge is 2.11. The Labute approximate surface area is 174 Å². The third kappa shape index (κ3) is 4.31. The third-order valence-electron chi connectivity index (χ3n) is 4.60. The molecule has 8 nitrogen and oxygen atoms in total. The lowest BCUT2D eigenvalue weighted by Gasteiger charge is -2.06. The maximum atomic E-state index is 8.94. The van der Waals surface area contributed by atoms with Crippen molar-refractivity contribution in [3.05, 3.63) is 71.7 Å². The highest BCUT2D eigenvalue weighted by Crippen LogP contribution is 2.24. The Morgan fingerprint density at radius 3 is 2.60 bits per heavy atom. The normalized spacial score (nSPS) is 10.7. The first-order valence-electron chi connectivity index (χ1n) is 9.60. The van der Waals surface area contributed by atoms with Gasteiger partial charge in [0.25, 0.3) is 0 Å². The molecule has 148 valence electrons. The van der Waals surface area contributed by atoms with Crippen molar-refractivity contribution in [3.63, 3.8) is 0 Å². The zero-order valence-corrected chi connectivity index (χ0v) is 16.5. The maximum absolute atomic E-state index is 8.94. The summed E-state index contributed by atoms with van der Waals surface area (Å²) in [5.74, 6) is 0.153. The number of nitriles is 1. The molecule has 3 aromatic heterocycles.